The average molecular weight is 323 g/mol. The van der Waals surface area contributed by atoms with Gasteiger partial charge in [0.05, 0.1) is 5.92 Å². The molecule has 126 valence electrons. The van der Waals surface area contributed by atoms with Gasteiger partial charge in [-0.15, -0.1) is 0 Å². The predicted molar refractivity (Wildman–Crippen MR) is 82.6 cm³/mol. The molecule has 2 rings (SSSR count). The molecule has 3 atom stereocenters. The number of hydrogen-bond acceptors (Lipinski definition) is 3. The van der Waals surface area contributed by atoms with E-state index >= 15 is 0 Å². The maximum atomic E-state index is 13.1. The summed E-state index contributed by atoms with van der Waals surface area (Å²) < 4.78 is 18.6. The highest BCUT2D eigenvalue weighted by molar-refractivity contribution is 5.82. The molecular formula is C17H22FNO4. The van der Waals surface area contributed by atoms with Crippen LogP contribution in [0.1, 0.15) is 39.0 Å². The number of nitrogens with one attached hydrogen (secondary N) is 1. The predicted octanol–water partition coefficient (Wildman–Crippen LogP) is 2.74. The Labute approximate surface area is 134 Å². The van der Waals surface area contributed by atoms with Crippen molar-refractivity contribution in [1.29, 1.82) is 0 Å². The molecule has 1 saturated carbocycles. The van der Waals surface area contributed by atoms with Gasteiger partial charge in [-0.05, 0) is 31.9 Å². The molecule has 0 heterocycles. The number of ether oxygens (including phenoxy) is 1. The maximum Gasteiger partial charge on any atom is 0.308 e. The Morgan fingerprint density at radius 2 is 2.04 bits per heavy atom. The highest BCUT2D eigenvalue weighted by atomic mass is 19.1. The van der Waals surface area contributed by atoms with Gasteiger partial charge in [-0.1, -0.05) is 25.3 Å². The van der Waals surface area contributed by atoms with Crippen molar-refractivity contribution < 1.29 is 23.8 Å². The van der Waals surface area contributed by atoms with Gasteiger partial charge in [0, 0.05) is 12.1 Å². The van der Waals surface area contributed by atoms with E-state index < -0.39 is 23.8 Å². The van der Waals surface area contributed by atoms with E-state index in [0.717, 1.165) is 19.3 Å². The largest absolute Gasteiger partial charge is 0.481 e. The minimum absolute atomic E-state index is 0.267. The summed E-state index contributed by atoms with van der Waals surface area (Å²) in [7, 11) is 0. The fourth-order valence-corrected chi connectivity index (χ4v) is 2.87. The van der Waals surface area contributed by atoms with E-state index in [1.807, 2.05) is 0 Å². The number of carbonyl (C=O) groups is 2. The lowest BCUT2D eigenvalue weighted by molar-refractivity contribution is -0.143. The summed E-state index contributed by atoms with van der Waals surface area (Å²) >= 11 is 0. The van der Waals surface area contributed by atoms with Gasteiger partial charge < -0.3 is 15.2 Å². The zero-order valence-corrected chi connectivity index (χ0v) is 13.1. The van der Waals surface area contributed by atoms with Gasteiger partial charge in [-0.3, -0.25) is 9.59 Å². The van der Waals surface area contributed by atoms with Crippen LogP contribution in [0.4, 0.5) is 4.39 Å². The smallest absolute Gasteiger partial charge is 0.308 e. The number of carboxylic acids is 1. The number of hydrogen-bond donors (Lipinski definition) is 2. The first kappa shape index (κ1) is 17.2. The summed E-state index contributed by atoms with van der Waals surface area (Å²) in [5.41, 5.74) is 0. The third kappa shape index (κ3) is 4.94. The summed E-state index contributed by atoms with van der Waals surface area (Å²) in [4.78, 5) is 23.6. The second-order valence-electron chi connectivity index (χ2n) is 5.92. The topological polar surface area (TPSA) is 75.6 Å². The van der Waals surface area contributed by atoms with Gasteiger partial charge in [0.15, 0.2) is 6.10 Å². The van der Waals surface area contributed by atoms with Crippen LogP contribution >= 0.6 is 0 Å². The SMILES string of the molecule is CC(Oc1cccc(F)c1)C(=O)N[C@H]1CCCCC[C@H]1C(=O)O. The third-order valence-electron chi connectivity index (χ3n) is 4.14. The summed E-state index contributed by atoms with van der Waals surface area (Å²) in [6.45, 7) is 1.56. The van der Waals surface area contributed by atoms with Gasteiger partial charge in [-0.2, -0.15) is 0 Å². The number of rotatable bonds is 5. The lowest BCUT2D eigenvalue weighted by Crippen LogP contribution is -2.47. The molecule has 0 spiro atoms. The van der Waals surface area contributed by atoms with Gasteiger partial charge in [-0.25, -0.2) is 4.39 Å². The zero-order chi connectivity index (χ0) is 16.8. The molecule has 6 heteroatoms. The van der Waals surface area contributed by atoms with Gasteiger partial charge in [0.2, 0.25) is 0 Å². The Morgan fingerprint density at radius 3 is 2.74 bits per heavy atom. The summed E-state index contributed by atoms with van der Waals surface area (Å²) in [6.07, 6.45) is 3.13. The van der Waals surface area contributed by atoms with Crippen LogP contribution in [-0.4, -0.2) is 29.1 Å². The van der Waals surface area contributed by atoms with E-state index in [0.29, 0.717) is 12.8 Å². The van der Waals surface area contributed by atoms with Crippen molar-refractivity contribution in [1.82, 2.24) is 5.32 Å². The number of carboxylic acid groups (broad SMARTS) is 1. The maximum absolute atomic E-state index is 13.1. The van der Waals surface area contributed by atoms with Crippen molar-refractivity contribution in [3.63, 3.8) is 0 Å². The fourth-order valence-electron chi connectivity index (χ4n) is 2.87. The number of halogens is 1. The first-order valence-corrected chi connectivity index (χ1v) is 7.93. The van der Waals surface area contributed by atoms with Crippen LogP contribution in [0.3, 0.4) is 0 Å². The van der Waals surface area contributed by atoms with Crippen LogP contribution in [0.25, 0.3) is 0 Å². The van der Waals surface area contributed by atoms with E-state index in [9.17, 15) is 19.1 Å². The Hall–Kier alpha value is -2.11. The van der Waals surface area contributed by atoms with E-state index in [4.69, 9.17) is 4.74 Å². The number of benzene rings is 1. The summed E-state index contributed by atoms with van der Waals surface area (Å²) in [6, 6.07) is 5.18. The third-order valence-corrected chi connectivity index (χ3v) is 4.14. The minimum Gasteiger partial charge on any atom is -0.481 e. The molecule has 1 aromatic rings. The van der Waals surface area contributed by atoms with E-state index in [2.05, 4.69) is 5.32 Å². The molecule has 0 saturated heterocycles. The van der Waals surface area contributed by atoms with Crippen LogP contribution in [0.2, 0.25) is 0 Å². The number of carbonyl (C=O) groups excluding carboxylic acids is 1. The summed E-state index contributed by atoms with van der Waals surface area (Å²) in [5, 5.41) is 12.1. The van der Waals surface area contributed by atoms with E-state index in [1.165, 1.54) is 18.2 Å². The lowest BCUT2D eigenvalue weighted by Gasteiger charge is -2.24. The fraction of sp³-hybridized carbons (Fsp3) is 0.529. The minimum atomic E-state index is -0.879. The Kier molecular flexibility index (Phi) is 5.96. The average Bonchev–Trinajstić information content (AvgIpc) is 2.72. The molecule has 2 N–H and O–H groups in total. The van der Waals surface area contributed by atoms with Gasteiger partial charge in [0.25, 0.3) is 5.91 Å². The molecule has 5 nitrogen and oxygen atoms in total. The second kappa shape index (κ2) is 7.94. The number of aliphatic carboxylic acids is 1. The van der Waals surface area contributed by atoms with Gasteiger partial charge >= 0.3 is 5.97 Å². The molecule has 1 aliphatic carbocycles. The highest BCUT2D eigenvalue weighted by Crippen LogP contribution is 2.24. The molecule has 0 radical (unpaired) electrons. The molecule has 1 fully saturated rings. The molecule has 23 heavy (non-hydrogen) atoms. The summed E-state index contributed by atoms with van der Waals surface area (Å²) in [5.74, 6) is -2.00. The highest BCUT2D eigenvalue weighted by Gasteiger charge is 2.31. The standard InChI is InChI=1S/C17H22FNO4/c1-11(23-13-7-5-6-12(18)10-13)16(20)19-15-9-4-2-3-8-14(15)17(21)22/h5-7,10-11,14-15H,2-4,8-9H2,1H3,(H,19,20)(H,21,22)/t11?,14-,15+/m1/s1. The first-order chi connectivity index (χ1) is 11.0. The van der Waals surface area contributed by atoms with Crippen molar-refractivity contribution >= 4 is 11.9 Å². The van der Waals surface area contributed by atoms with Crippen molar-refractivity contribution in [3.05, 3.63) is 30.1 Å². The molecule has 0 aliphatic heterocycles. The van der Waals surface area contributed by atoms with E-state index in [1.54, 1.807) is 13.0 Å². The van der Waals surface area contributed by atoms with Crippen molar-refractivity contribution in [2.24, 2.45) is 5.92 Å². The first-order valence-electron chi connectivity index (χ1n) is 7.93. The lowest BCUT2D eigenvalue weighted by atomic mass is 9.94. The molecule has 1 aromatic carbocycles. The van der Waals surface area contributed by atoms with Crippen molar-refractivity contribution in [2.75, 3.05) is 0 Å². The second-order valence-corrected chi connectivity index (χ2v) is 5.92. The Morgan fingerprint density at radius 1 is 1.30 bits per heavy atom. The molecule has 1 unspecified atom stereocenters. The van der Waals surface area contributed by atoms with Crippen molar-refractivity contribution in [3.8, 4) is 5.75 Å². The monoisotopic (exact) mass is 323 g/mol. The van der Waals surface area contributed by atoms with E-state index in [-0.39, 0.29) is 17.7 Å². The van der Waals surface area contributed by atoms with Crippen LogP contribution < -0.4 is 10.1 Å². The molecule has 0 bridgehead atoms. The van der Waals surface area contributed by atoms with Crippen LogP contribution in [0.15, 0.2) is 24.3 Å². The normalized spacial score (nSPS) is 22.7. The van der Waals surface area contributed by atoms with Crippen LogP contribution in [0, 0.1) is 11.7 Å². The molecular weight excluding hydrogens is 301 g/mol. The molecule has 0 aromatic heterocycles. The Bertz CT molecular complexity index is 563. The Balaban J connectivity index is 1.97. The molecule has 1 aliphatic rings. The van der Waals surface area contributed by atoms with Crippen molar-refractivity contribution in [2.45, 2.75) is 51.2 Å². The number of amides is 1. The zero-order valence-electron chi connectivity index (χ0n) is 13.1. The van der Waals surface area contributed by atoms with Crippen LogP contribution in [0.5, 0.6) is 5.75 Å². The quantitative estimate of drug-likeness (QED) is 0.817. The molecule has 1 amide bonds. The van der Waals surface area contributed by atoms with Gasteiger partial charge in [0.1, 0.15) is 11.6 Å². The van der Waals surface area contributed by atoms with Crippen LogP contribution in [-0.2, 0) is 9.59 Å².